The predicted molar refractivity (Wildman–Crippen MR) is 76.8 cm³/mol. The Morgan fingerprint density at radius 1 is 1.50 bits per heavy atom. The van der Waals surface area contributed by atoms with Crippen LogP contribution in [0.3, 0.4) is 0 Å². The molecule has 0 aliphatic heterocycles. The van der Waals surface area contributed by atoms with E-state index in [2.05, 4.69) is 15.5 Å². The summed E-state index contributed by atoms with van der Waals surface area (Å²) in [6.45, 7) is 0. The minimum Gasteiger partial charge on any atom is -0.389 e. The van der Waals surface area contributed by atoms with Gasteiger partial charge >= 0.3 is 0 Å². The van der Waals surface area contributed by atoms with Crippen LogP contribution in [-0.2, 0) is 0 Å². The summed E-state index contributed by atoms with van der Waals surface area (Å²) in [7, 11) is 0. The van der Waals surface area contributed by atoms with E-state index in [1.807, 2.05) is 0 Å². The number of rotatable bonds is 3. The first-order valence-corrected chi connectivity index (χ1v) is 6.56. The predicted octanol–water partition coefficient (Wildman–Crippen LogP) is 2.66. The Kier molecular flexibility index (Phi) is 3.86. The third-order valence-electron chi connectivity index (χ3n) is 2.04. The van der Waals surface area contributed by atoms with Crippen molar-refractivity contribution in [2.75, 3.05) is 5.32 Å². The number of aromatic nitrogens is 2. The number of thiocarbonyl (C=S) groups is 1. The second-order valence-corrected chi connectivity index (χ2v) is 5.94. The molecule has 4 N–H and O–H groups in total. The summed E-state index contributed by atoms with van der Waals surface area (Å²) in [4.78, 5) is 12.1. The maximum absolute atomic E-state index is 11.9. The van der Waals surface area contributed by atoms with Crippen LogP contribution in [0.4, 0.5) is 5.82 Å². The van der Waals surface area contributed by atoms with Gasteiger partial charge in [-0.3, -0.25) is 9.89 Å². The summed E-state index contributed by atoms with van der Waals surface area (Å²) >= 11 is 17.6. The summed E-state index contributed by atoms with van der Waals surface area (Å²) in [6, 6.07) is 1.49. The third kappa shape index (κ3) is 2.64. The van der Waals surface area contributed by atoms with Gasteiger partial charge in [-0.2, -0.15) is 5.10 Å². The van der Waals surface area contributed by atoms with Crippen molar-refractivity contribution in [3.05, 3.63) is 32.1 Å². The van der Waals surface area contributed by atoms with Crippen molar-refractivity contribution in [3.63, 3.8) is 0 Å². The van der Waals surface area contributed by atoms with Crippen molar-refractivity contribution < 1.29 is 4.79 Å². The smallest absolute Gasteiger partial charge is 0.259 e. The zero-order valence-corrected chi connectivity index (χ0v) is 11.8. The number of nitrogens with two attached hydrogens (primary N) is 1. The molecule has 1 amide bonds. The van der Waals surface area contributed by atoms with E-state index >= 15 is 0 Å². The van der Waals surface area contributed by atoms with Gasteiger partial charge < -0.3 is 11.1 Å². The Morgan fingerprint density at radius 3 is 2.78 bits per heavy atom. The fraction of sp³-hybridized carbons (Fsp3) is 0. The van der Waals surface area contributed by atoms with Crippen molar-refractivity contribution in [1.82, 2.24) is 10.2 Å². The number of anilines is 1. The van der Waals surface area contributed by atoms with Crippen LogP contribution in [0.5, 0.6) is 0 Å². The molecular formula is C9H6Cl2N4OS2. The van der Waals surface area contributed by atoms with Gasteiger partial charge in [0.1, 0.15) is 15.1 Å². The fourth-order valence-electron chi connectivity index (χ4n) is 1.24. The standard InChI is InChI=1S/C9H6Cl2N4OS2/c10-5-1-3(6(11)18-5)9(16)14-8-4(7(12)17)2-13-15-8/h1-2H,(H2,12,17)(H2,13,14,15,16). The Balaban J connectivity index is 2.24. The van der Waals surface area contributed by atoms with E-state index < -0.39 is 5.91 Å². The number of hydrogen-bond donors (Lipinski definition) is 3. The number of carbonyl (C=O) groups excluding carboxylic acids is 1. The molecule has 0 bridgehead atoms. The van der Waals surface area contributed by atoms with Crippen molar-refractivity contribution in [3.8, 4) is 0 Å². The molecule has 0 saturated heterocycles. The monoisotopic (exact) mass is 320 g/mol. The molecule has 5 nitrogen and oxygen atoms in total. The van der Waals surface area contributed by atoms with Crippen LogP contribution in [0.15, 0.2) is 12.3 Å². The van der Waals surface area contributed by atoms with Crippen LogP contribution in [0.1, 0.15) is 15.9 Å². The van der Waals surface area contributed by atoms with E-state index in [1.165, 1.54) is 12.3 Å². The Labute approximate surface area is 121 Å². The highest BCUT2D eigenvalue weighted by Crippen LogP contribution is 2.31. The average molecular weight is 321 g/mol. The van der Waals surface area contributed by atoms with Gasteiger partial charge in [-0.1, -0.05) is 35.4 Å². The van der Waals surface area contributed by atoms with Gasteiger partial charge in [0, 0.05) is 0 Å². The van der Waals surface area contributed by atoms with Crippen LogP contribution < -0.4 is 11.1 Å². The summed E-state index contributed by atoms with van der Waals surface area (Å²) < 4.78 is 0.748. The first-order valence-electron chi connectivity index (χ1n) is 4.58. The summed E-state index contributed by atoms with van der Waals surface area (Å²) in [6.07, 6.45) is 1.43. The van der Waals surface area contributed by atoms with E-state index in [1.54, 1.807) is 0 Å². The van der Waals surface area contributed by atoms with Crippen molar-refractivity contribution in [2.24, 2.45) is 5.73 Å². The summed E-state index contributed by atoms with van der Waals surface area (Å²) in [5.74, 6) is -0.0872. The van der Waals surface area contributed by atoms with Gasteiger partial charge in [0.15, 0.2) is 0 Å². The molecule has 2 aromatic rings. The van der Waals surface area contributed by atoms with Gasteiger partial charge in [-0.05, 0) is 6.07 Å². The lowest BCUT2D eigenvalue weighted by Gasteiger charge is -2.03. The van der Waals surface area contributed by atoms with E-state index in [-0.39, 0.29) is 10.6 Å². The number of nitrogens with one attached hydrogen (secondary N) is 2. The molecular weight excluding hydrogens is 315 g/mol. The number of H-pyrrole nitrogens is 1. The second-order valence-electron chi connectivity index (χ2n) is 3.21. The molecule has 94 valence electrons. The van der Waals surface area contributed by atoms with Crippen LogP contribution in [0, 0.1) is 0 Å². The van der Waals surface area contributed by atoms with Gasteiger partial charge in [0.05, 0.1) is 21.7 Å². The minimum absolute atomic E-state index is 0.133. The molecule has 0 spiro atoms. The Bertz CT molecular complexity index is 622. The van der Waals surface area contributed by atoms with E-state index in [0.29, 0.717) is 20.1 Å². The molecule has 0 atom stereocenters. The number of thiophene rings is 1. The maximum Gasteiger partial charge on any atom is 0.259 e. The molecule has 9 heteroatoms. The summed E-state index contributed by atoms with van der Waals surface area (Å²) in [5, 5.41) is 8.93. The first-order chi connectivity index (χ1) is 8.49. The lowest BCUT2D eigenvalue weighted by molar-refractivity contribution is 0.102. The molecule has 0 saturated carbocycles. The lowest BCUT2D eigenvalue weighted by atomic mass is 10.3. The highest BCUT2D eigenvalue weighted by Gasteiger charge is 2.17. The molecule has 2 heterocycles. The average Bonchev–Trinajstić information content (AvgIpc) is 2.85. The topological polar surface area (TPSA) is 83.8 Å². The van der Waals surface area contributed by atoms with Crippen molar-refractivity contribution in [2.45, 2.75) is 0 Å². The molecule has 0 radical (unpaired) electrons. The Hall–Kier alpha value is -1.15. The fourth-order valence-corrected chi connectivity index (χ4v) is 2.86. The molecule has 2 aromatic heterocycles. The lowest BCUT2D eigenvalue weighted by Crippen LogP contribution is -2.16. The third-order valence-corrected chi connectivity index (χ3v) is 3.75. The summed E-state index contributed by atoms with van der Waals surface area (Å²) in [5.41, 5.74) is 6.22. The van der Waals surface area contributed by atoms with Gasteiger partial charge in [0.25, 0.3) is 5.91 Å². The van der Waals surface area contributed by atoms with Gasteiger partial charge in [-0.25, -0.2) is 0 Å². The minimum atomic E-state index is -0.412. The molecule has 0 fully saturated rings. The largest absolute Gasteiger partial charge is 0.389 e. The van der Waals surface area contributed by atoms with E-state index in [4.69, 9.17) is 41.2 Å². The molecule has 0 unspecified atom stereocenters. The highest BCUT2D eigenvalue weighted by molar-refractivity contribution is 7.80. The van der Waals surface area contributed by atoms with Crippen LogP contribution >= 0.6 is 46.8 Å². The molecule has 0 aliphatic carbocycles. The molecule has 0 aliphatic rings. The van der Waals surface area contributed by atoms with Crippen LogP contribution in [0.2, 0.25) is 8.67 Å². The number of nitrogens with zero attached hydrogens (tertiary/aromatic N) is 1. The Morgan fingerprint density at radius 2 is 2.22 bits per heavy atom. The second kappa shape index (κ2) is 5.23. The van der Waals surface area contributed by atoms with E-state index in [0.717, 1.165) is 11.3 Å². The zero-order chi connectivity index (χ0) is 13.3. The molecule has 2 rings (SSSR count). The first kappa shape index (κ1) is 13.3. The quantitative estimate of drug-likeness (QED) is 0.759. The maximum atomic E-state index is 11.9. The number of hydrogen-bond acceptors (Lipinski definition) is 4. The van der Waals surface area contributed by atoms with E-state index in [9.17, 15) is 4.79 Å². The number of amides is 1. The number of aromatic amines is 1. The van der Waals surface area contributed by atoms with Crippen molar-refractivity contribution in [1.29, 1.82) is 0 Å². The zero-order valence-electron chi connectivity index (χ0n) is 8.66. The van der Waals surface area contributed by atoms with Crippen LogP contribution in [0.25, 0.3) is 0 Å². The molecule has 0 aromatic carbocycles. The normalized spacial score (nSPS) is 10.3. The van der Waals surface area contributed by atoms with Gasteiger partial charge in [-0.15, -0.1) is 11.3 Å². The highest BCUT2D eigenvalue weighted by atomic mass is 35.5. The van der Waals surface area contributed by atoms with Gasteiger partial charge in [0.2, 0.25) is 0 Å². The van der Waals surface area contributed by atoms with Crippen molar-refractivity contribution >= 4 is 63.5 Å². The SMILES string of the molecule is NC(=S)c1cn[nH]c1NC(=O)c1cc(Cl)sc1Cl. The number of halogens is 2. The molecule has 18 heavy (non-hydrogen) atoms. The number of carbonyl (C=O) groups is 1. The van der Waals surface area contributed by atoms with Crippen LogP contribution in [-0.4, -0.2) is 21.1 Å².